The maximum absolute atomic E-state index is 14.7. The summed E-state index contributed by atoms with van der Waals surface area (Å²) < 4.78 is 7.81. The predicted octanol–water partition coefficient (Wildman–Crippen LogP) is 6.32. The van der Waals surface area contributed by atoms with Crippen LogP contribution in [0.3, 0.4) is 0 Å². The van der Waals surface area contributed by atoms with Crippen LogP contribution < -0.4 is 32.3 Å². The summed E-state index contributed by atoms with van der Waals surface area (Å²) in [6.45, 7) is 9.90. The molecule has 2 fully saturated rings. The third-order valence-electron chi connectivity index (χ3n) is 18.8. The second-order valence-corrected chi connectivity index (χ2v) is 29.1. The van der Waals surface area contributed by atoms with Crippen LogP contribution in [0.15, 0.2) is 77.2 Å². The molecule has 0 radical (unpaired) electrons. The quantitative estimate of drug-likeness (QED) is 0.0134. The number of fused-ring (bicyclic) bond motifs is 3. The highest BCUT2D eigenvalue weighted by atomic mass is 33.1. The van der Waals surface area contributed by atoms with E-state index in [4.69, 9.17) is 20.6 Å². The molecule has 4 aliphatic rings. The van der Waals surface area contributed by atoms with Gasteiger partial charge in [-0.2, -0.15) is 0 Å². The fraction of sp³-hybridized carbons (Fsp3) is 0.527. The normalized spacial score (nSPS) is 18.8. The number of carboxylic acids is 3. The van der Waals surface area contributed by atoms with Gasteiger partial charge in [0.1, 0.15) is 48.2 Å². The molecule has 8 rings (SSSR count). The number of amides is 7. The van der Waals surface area contributed by atoms with Crippen LogP contribution in [0, 0.1) is 24.7 Å². The van der Waals surface area contributed by atoms with Crippen LogP contribution >= 0.6 is 21.6 Å². The number of nitrogens with one attached hydrogen (secondary N) is 5. The van der Waals surface area contributed by atoms with Crippen molar-refractivity contribution >= 4 is 103 Å². The number of carbonyl (C=O) groups excluding carboxylic acids is 7. The van der Waals surface area contributed by atoms with Crippen LogP contribution in [0.5, 0.6) is 0 Å². The van der Waals surface area contributed by atoms with Crippen LogP contribution in [-0.2, 0) is 60.7 Å². The highest BCUT2D eigenvalue weighted by molar-refractivity contribution is 8.76. The van der Waals surface area contributed by atoms with E-state index in [0.717, 1.165) is 36.1 Å². The lowest BCUT2D eigenvalue weighted by atomic mass is 9.65. The number of aliphatic hydroxyl groups excluding tert-OH is 1. The molecule has 8 atom stereocenters. The largest absolute Gasteiger partial charge is 0.481 e. The van der Waals surface area contributed by atoms with Crippen LogP contribution in [-0.4, -0.2) is 198 Å². The summed E-state index contributed by atoms with van der Waals surface area (Å²) in [5, 5.41) is 50.8. The van der Waals surface area contributed by atoms with Crippen molar-refractivity contribution in [3.05, 3.63) is 111 Å². The number of likely N-dealkylation sites (tertiary alicyclic amines) is 1. The monoisotopic (exact) mass is 1460 g/mol. The van der Waals surface area contributed by atoms with Gasteiger partial charge in [-0.1, -0.05) is 95.2 Å². The number of aliphatic imine (C=N–C) groups is 1. The number of aliphatic hydroxyl groups is 1. The number of carbonyl (C=O) groups is 10. The molecule has 2 aliphatic carbocycles. The van der Waals surface area contributed by atoms with Crippen molar-refractivity contribution in [3.8, 4) is 11.8 Å². The molecule has 0 spiro atoms. The summed E-state index contributed by atoms with van der Waals surface area (Å²) in [5.74, 6) is -0.894. The Labute approximate surface area is 607 Å². The van der Waals surface area contributed by atoms with Crippen molar-refractivity contribution in [3.63, 3.8) is 0 Å². The van der Waals surface area contributed by atoms with Crippen molar-refractivity contribution < 1.29 is 73.1 Å². The predicted molar refractivity (Wildman–Crippen MR) is 392 cm³/mol. The van der Waals surface area contributed by atoms with Crippen LogP contribution in [0.1, 0.15) is 179 Å². The number of unbranched alkanes of at least 4 members (excludes halogenated alkanes) is 2. The number of nitrogens with zero attached hydrogens (tertiary/aromatic N) is 6. The molecule has 0 saturated carbocycles. The summed E-state index contributed by atoms with van der Waals surface area (Å²) >= 11 is 0. The Hall–Kier alpha value is -9.11. The van der Waals surface area contributed by atoms with Gasteiger partial charge in [0.25, 0.3) is 5.91 Å². The molecule has 4 aromatic rings. The molecular weight excluding hydrogens is 1360 g/mol. The van der Waals surface area contributed by atoms with E-state index in [-0.39, 0.29) is 106 Å². The molecule has 2 saturated heterocycles. The number of hydrogen-bond donors (Lipinski definition) is 10. The summed E-state index contributed by atoms with van der Waals surface area (Å²) in [6, 6.07) is 7.10. The van der Waals surface area contributed by atoms with Gasteiger partial charge in [-0.25, -0.2) is 14.8 Å². The van der Waals surface area contributed by atoms with E-state index in [0.29, 0.717) is 98.1 Å². The van der Waals surface area contributed by atoms with Crippen molar-refractivity contribution in [2.75, 3.05) is 63.6 Å². The van der Waals surface area contributed by atoms with Gasteiger partial charge in [0.2, 0.25) is 35.4 Å². The van der Waals surface area contributed by atoms with Gasteiger partial charge in [0.15, 0.2) is 0 Å². The molecule has 29 heteroatoms. The van der Waals surface area contributed by atoms with Crippen LogP contribution in [0.4, 0.5) is 5.82 Å². The minimum Gasteiger partial charge on any atom is -0.481 e. The van der Waals surface area contributed by atoms with Gasteiger partial charge in [0, 0.05) is 87.6 Å². The summed E-state index contributed by atoms with van der Waals surface area (Å²) in [5.41, 5.74) is 17.3. The summed E-state index contributed by atoms with van der Waals surface area (Å²) in [7, 11) is 4.73. The van der Waals surface area contributed by atoms with Crippen LogP contribution in [0.25, 0.3) is 11.0 Å². The van der Waals surface area contributed by atoms with Gasteiger partial charge in [0.05, 0.1) is 48.8 Å². The van der Waals surface area contributed by atoms with Gasteiger partial charge in [-0.05, 0) is 137 Å². The van der Waals surface area contributed by atoms with Crippen molar-refractivity contribution in [2.24, 2.45) is 10.9 Å². The zero-order chi connectivity index (χ0) is 74.3. The molecule has 6 unspecified atom stereocenters. The highest BCUT2D eigenvalue weighted by Crippen LogP contribution is 2.48. The Balaban J connectivity index is 0.843. The average Bonchev–Trinajstić information content (AvgIpc) is 1.40. The lowest BCUT2D eigenvalue weighted by molar-refractivity contribution is -0.148. The smallest absolute Gasteiger partial charge is 0.326 e. The lowest BCUT2D eigenvalue weighted by Crippen LogP contribution is -2.53. The Bertz CT molecular complexity index is 3940. The molecule has 7 amide bonds. The topological polar surface area (TPSA) is 397 Å². The first kappa shape index (κ1) is 79.6. The second kappa shape index (κ2) is 39.0. The van der Waals surface area contributed by atoms with Crippen molar-refractivity contribution in [1.29, 1.82) is 0 Å². The molecule has 27 nitrogen and oxygen atoms in total. The zero-order valence-corrected chi connectivity index (χ0v) is 60.8. The van der Waals surface area contributed by atoms with Crippen molar-refractivity contribution in [2.45, 2.75) is 186 Å². The zero-order valence-electron chi connectivity index (χ0n) is 59.1. The molecule has 103 heavy (non-hydrogen) atoms. The van der Waals surface area contributed by atoms with Gasteiger partial charge < -0.3 is 71.8 Å². The van der Waals surface area contributed by atoms with E-state index in [1.165, 1.54) is 55.7 Å². The van der Waals surface area contributed by atoms with Gasteiger partial charge in [-0.3, -0.25) is 48.1 Å². The number of aliphatic carboxylic acids is 3. The number of anilines is 1. The molecule has 4 heterocycles. The lowest BCUT2D eigenvalue weighted by Gasteiger charge is -2.38. The number of nitrogen functional groups attached to an aromatic ring is 1. The number of aromatic nitrogens is 3. The maximum atomic E-state index is 14.7. The van der Waals surface area contributed by atoms with E-state index in [1.54, 1.807) is 23.0 Å². The highest BCUT2D eigenvalue weighted by Gasteiger charge is 2.40. The Morgan fingerprint density at radius 1 is 0.825 bits per heavy atom. The number of allylic oxidation sites excluding steroid dienone is 4. The number of nitrogens with two attached hydrogens (primary N) is 1. The number of ether oxygens (including phenoxy) is 1. The van der Waals surface area contributed by atoms with E-state index in [2.05, 4.69) is 94.2 Å². The van der Waals surface area contributed by atoms with E-state index >= 15 is 0 Å². The van der Waals surface area contributed by atoms with E-state index in [1.807, 2.05) is 35.0 Å². The molecule has 554 valence electrons. The maximum Gasteiger partial charge on any atom is 0.326 e. The van der Waals surface area contributed by atoms with Gasteiger partial charge >= 0.3 is 17.9 Å². The second-order valence-electron chi connectivity index (χ2n) is 26.4. The SMILES string of the molecule is CCCc1cc2c(cc1C)C(c1ccccc1C(=O)N(C)CCCC(=O)N1CCCC1C(=O)NC(CCCSSCCC(=O)NCC#Cc1cn([C@H]3CC[C@@H](CO)O3)c3ncnc(N)c13)C(=O)NCCCCCC(=O)NC(CC(=O)O)C(=O)NC(CC(=O)O)C(=O)O)C1C=C(C)C(=NCC)C=C1C2. The third-order valence-corrected chi connectivity index (χ3v) is 21.3. The molecule has 2 aromatic carbocycles. The first-order valence-electron chi connectivity index (χ1n) is 35.4. The third kappa shape index (κ3) is 22.0. The fourth-order valence-corrected chi connectivity index (χ4v) is 15.7. The van der Waals surface area contributed by atoms with Crippen molar-refractivity contribution in [1.82, 2.24) is 50.9 Å². The molecular formula is C74H96N12O15S2. The standard InChI is InChI=1S/C74H96N12O15S2/c1-6-17-46-36-48-37-49-38-56(76-7-2)45(4)35-54(49)67(53(48)34-44(46)3)51-19-10-11-20-52(51)73(98)84(5)30-15-24-62(90)85-31-14-22-59(85)72(97)82-55(70(95)78-28-12-8-9-23-61(89)81-57(39-64(91)92)71(96)83-58(74(99)100)40-65(93)94)21-16-32-102-103-33-27-60(88)77-29-13-18-47-41-86(63-26-25-50(42-87)101-63)69-66(47)68(75)79-43-80-69/h10-11,19-20,34-36,38,41,43,50,54-55,57-59,63,67,87H,6-9,12,14-17,21-33,37,39-40,42H2,1-5H3,(H,77,88)(H,78,95)(H,81,89)(H,82,97)(H,83,96)(H,91,92)(H,93,94)(H,99,100)(H2,75,79,80)/t50-,54?,55?,57?,58?,59?,63+,67?/m0/s1. The Morgan fingerprint density at radius 2 is 1.59 bits per heavy atom. The molecule has 2 aromatic heterocycles. The number of rotatable bonds is 37. The fourth-order valence-electron chi connectivity index (χ4n) is 13.6. The Morgan fingerprint density at radius 3 is 2.33 bits per heavy atom. The first-order valence-corrected chi connectivity index (χ1v) is 37.9. The van der Waals surface area contributed by atoms with E-state index < -0.39 is 78.5 Å². The number of aryl methyl sites for hydroxylation is 2. The minimum absolute atomic E-state index is 0.0227. The molecule has 11 N–H and O–H groups in total. The first-order chi connectivity index (χ1) is 49.5. The average molecular weight is 1460 g/mol. The molecule has 2 aliphatic heterocycles. The van der Waals surface area contributed by atoms with Crippen LogP contribution in [0.2, 0.25) is 0 Å². The number of carboxylic acid groups (broad SMARTS) is 3. The van der Waals surface area contributed by atoms with Gasteiger partial charge in [-0.15, -0.1) is 0 Å². The number of hydrogen-bond acceptors (Lipinski definition) is 18. The van der Waals surface area contributed by atoms with E-state index in [9.17, 15) is 63.3 Å². The molecule has 0 bridgehead atoms. The summed E-state index contributed by atoms with van der Waals surface area (Å²) in [4.78, 5) is 146. The Kier molecular flexibility index (Phi) is 30.1. The summed E-state index contributed by atoms with van der Waals surface area (Å²) in [6.07, 6.45) is 12.5. The minimum atomic E-state index is -1.87. The number of benzene rings is 2.